The Morgan fingerprint density at radius 1 is 0.745 bits per heavy atom. The van der Waals surface area contributed by atoms with Crippen LogP contribution in [-0.4, -0.2) is 125 Å². The maximum atomic E-state index is 13.2. The van der Waals surface area contributed by atoms with E-state index in [0.717, 1.165) is 13.8 Å². The van der Waals surface area contributed by atoms with Gasteiger partial charge in [0.25, 0.3) is 0 Å². The highest BCUT2D eigenvalue weighted by atomic mass is 16.3. The third-order valence-corrected chi connectivity index (χ3v) is 6.72. The third-order valence-electron chi connectivity index (χ3n) is 6.72. The van der Waals surface area contributed by atoms with Crippen molar-refractivity contribution in [1.29, 1.82) is 5.41 Å². The van der Waals surface area contributed by atoms with E-state index in [1.54, 1.807) is 13.8 Å². The molecule has 0 aliphatic heterocycles. The lowest BCUT2D eigenvalue weighted by Gasteiger charge is -2.29. The van der Waals surface area contributed by atoms with Crippen LogP contribution in [0.25, 0.3) is 0 Å². The summed E-state index contributed by atoms with van der Waals surface area (Å²) in [6.45, 7) is 4.87. The highest BCUT2D eigenvalue weighted by Gasteiger charge is 2.35. The number of nitrogens with one attached hydrogen (secondary N) is 7. The number of aliphatic hydroxyl groups excluding tert-OH is 3. The molecule has 0 aliphatic rings. The lowest BCUT2D eigenvalue weighted by molar-refractivity contribution is -0.138. The van der Waals surface area contributed by atoms with Crippen LogP contribution >= 0.6 is 0 Å². The van der Waals surface area contributed by atoms with Crippen molar-refractivity contribution < 1.29 is 48.9 Å². The molecular weight excluding hydrogens is 624 g/mol. The van der Waals surface area contributed by atoms with Crippen molar-refractivity contribution in [2.45, 2.75) is 102 Å². The number of carbonyl (C=O) groups excluding carboxylic acids is 7. The summed E-state index contributed by atoms with van der Waals surface area (Å²) in [6, 6.07) is -8.66. The van der Waals surface area contributed by atoms with Crippen LogP contribution < -0.4 is 49.1 Å². The second-order valence-electron chi connectivity index (χ2n) is 11.2. The Labute approximate surface area is 272 Å². The molecule has 20 nitrogen and oxygen atoms in total. The lowest BCUT2D eigenvalue weighted by Crippen LogP contribution is -2.63. The molecule has 0 rings (SSSR count). The molecule has 0 bridgehead atoms. The van der Waals surface area contributed by atoms with Crippen LogP contribution in [0, 0.1) is 11.3 Å². The highest BCUT2D eigenvalue weighted by Crippen LogP contribution is 2.06. The molecule has 0 saturated heterocycles. The van der Waals surface area contributed by atoms with Gasteiger partial charge in [0, 0.05) is 13.0 Å². The molecule has 16 N–H and O–H groups in total. The molecule has 6 amide bonds. The normalized spacial score (nSPS) is 16.1. The second kappa shape index (κ2) is 21.4. The Kier molecular flexibility index (Phi) is 19.4. The largest absolute Gasteiger partial charge is 0.394 e. The van der Waals surface area contributed by atoms with Crippen molar-refractivity contribution in [3.05, 3.63) is 0 Å². The zero-order chi connectivity index (χ0) is 36.4. The van der Waals surface area contributed by atoms with Crippen LogP contribution in [-0.2, 0) is 33.6 Å². The van der Waals surface area contributed by atoms with Gasteiger partial charge in [-0.15, -0.1) is 0 Å². The summed E-state index contributed by atoms with van der Waals surface area (Å²) in [5.41, 5.74) is 16.2. The summed E-state index contributed by atoms with van der Waals surface area (Å²) >= 11 is 0. The summed E-state index contributed by atoms with van der Waals surface area (Å²) in [4.78, 5) is 86.6. The smallest absolute Gasteiger partial charge is 0.245 e. The minimum atomic E-state index is -1.78. The fourth-order valence-electron chi connectivity index (χ4n) is 3.85. The van der Waals surface area contributed by atoms with Gasteiger partial charge in [-0.2, -0.15) is 0 Å². The van der Waals surface area contributed by atoms with Crippen LogP contribution in [0.2, 0.25) is 0 Å². The summed E-state index contributed by atoms with van der Waals surface area (Å²) in [7, 11) is 0. The monoisotopic (exact) mass is 673 g/mol. The van der Waals surface area contributed by atoms with E-state index in [-0.39, 0.29) is 44.1 Å². The van der Waals surface area contributed by atoms with Crippen molar-refractivity contribution in [2.24, 2.45) is 23.1 Å². The number of hydrogen-bond donors (Lipinski definition) is 13. The molecule has 0 spiro atoms. The van der Waals surface area contributed by atoms with Gasteiger partial charge in [0.2, 0.25) is 41.7 Å². The first-order valence-corrected chi connectivity index (χ1v) is 14.8. The Morgan fingerprint density at radius 2 is 1.23 bits per heavy atom. The molecule has 0 heterocycles. The second-order valence-corrected chi connectivity index (χ2v) is 11.2. The maximum absolute atomic E-state index is 13.2. The van der Waals surface area contributed by atoms with Crippen molar-refractivity contribution in [2.75, 3.05) is 13.2 Å². The number of rotatable bonds is 22. The zero-order valence-corrected chi connectivity index (χ0v) is 26.9. The van der Waals surface area contributed by atoms with E-state index in [2.05, 4.69) is 31.9 Å². The standard InChI is InChI=1S/C27H49N10O10/c1-12(2)19(29)24(45)34-16(6-5-9-32-27(30)31)22(43)36-21(14(4)41)26(47)37-20(13(3)40)25(46)35-17(11-39)23(44)33-15(10-38)7-8-18(28)42/h12-17,19-21,39-41H,5-9,11,29H2,1-4H3,(H2,28,42)(H,33,44)(H,34,45)(H,35,46)(H,36,43)(H,37,47)(H4,30,31,32)/t13-,14-,15+,16+,17+,19+,20+,21+/m1/s1. The van der Waals surface area contributed by atoms with Gasteiger partial charge in [-0.05, 0) is 39.0 Å². The number of nitrogens with two attached hydrogens (primary N) is 3. The highest BCUT2D eigenvalue weighted by molar-refractivity contribution is 5.96. The van der Waals surface area contributed by atoms with Gasteiger partial charge < -0.3 is 64.4 Å². The first-order chi connectivity index (χ1) is 21.9. The van der Waals surface area contributed by atoms with Gasteiger partial charge in [-0.25, -0.2) is 0 Å². The SMILES string of the molecule is CC(C)[C@H](N)C(=O)N[C@@H](CCCNC(=N)N)C(=O)N[C@H](C(=O)N[C@H](C(=O)N[C@@H](CO)C(=O)N[C@H]([C]=O)CCC(N)=O)[C@@H](C)O)[C@@H](C)O. The summed E-state index contributed by atoms with van der Waals surface area (Å²) in [5, 5.41) is 51.3. The minimum Gasteiger partial charge on any atom is -0.394 e. The quantitative estimate of drug-likeness (QED) is 0.0289. The van der Waals surface area contributed by atoms with E-state index in [1.165, 1.54) is 6.29 Å². The van der Waals surface area contributed by atoms with Gasteiger partial charge in [-0.3, -0.25) is 39.0 Å². The van der Waals surface area contributed by atoms with E-state index < -0.39 is 90.5 Å². The molecule has 8 atom stereocenters. The number of hydrogen-bond acceptors (Lipinski definition) is 12. The van der Waals surface area contributed by atoms with E-state index in [9.17, 15) is 48.9 Å². The van der Waals surface area contributed by atoms with E-state index in [1.807, 2.05) is 0 Å². The predicted octanol–water partition coefficient (Wildman–Crippen LogP) is -6.21. The molecule has 0 aromatic heterocycles. The maximum Gasteiger partial charge on any atom is 0.245 e. The topological polar surface area (TPSA) is 354 Å². The average Bonchev–Trinajstić information content (AvgIpc) is 2.98. The number of guanidine groups is 1. The molecule has 0 fully saturated rings. The molecule has 20 heteroatoms. The molecule has 47 heavy (non-hydrogen) atoms. The van der Waals surface area contributed by atoms with Gasteiger partial charge in [-0.1, -0.05) is 13.8 Å². The Hall–Kier alpha value is -4.40. The molecule has 0 aromatic rings. The summed E-state index contributed by atoms with van der Waals surface area (Å²) in [5.74, 6) is -6.23. The van der Waals surface area contributed by atoms with E-state index in [4.69, 9.17) is 22.6 Å². The van der Waals surface area contributed by atoms with Crippen LogP contribution in [0.5, 0.6) is 0 Å². The van der Waals surface area contributed by atoms with Gasteiger partial charge in [0.05, 0.1) is 30.9 Å². The number of aliphatic hydroxyl groups is 3. The van der Waals surface area contributed by atoms with Crippen molar-refractivity contribution in [3.63, 3.8) is 0 Å². The van der Waals surface area contributed by atoms with Crippen LogP contribution in [0.4, 0.5) is 0 Å². The fourth-order valence-corrected chi connectivity index (χ4v) is 3.85. The van der Waals surface area contributed by atoms with Crippen LogP contribution in [0.3, 0.4) is 0 Å². The molecule has 0 unspecified atom stereocenters. The summed E-state index contributed by atoms with van der Waals surface area (Å²) < 4.78 is 0. The fraction of sp³-hybridized carbons (Fsp3) is 0.704. The molecular formula is C27H49N10O10. The van der Waals surface area contributed by atoms with Crippen molar-refractivity contribution >= 4 is 47.7 Å². The lowest BCUT2D eigenvalue weighted by atomic mass is 10.0. The van der Waals surface area contributed by atoms with Crippen molar-refractivity contribution in [1.82, 2.24) is 31.9 Å². The first kappa shape index (κ1) is 42.6. The first-order valence-electron chi connectivity index (χ1n) is 14.8. The average molecular weight is 674 g/mol. The Bertz CT molecular complexity index is 1100. The van der Waals surface area contributed by atoms with E-state index >= 15 is 0 Å². The third kappa shape index (κ3) is 16.1. The summed E-state index contributed by atoms with van der Waals surface area (Å²) in [6.07, 6.45) is -1.88. The van der Waals surface area contributed by atoms with Crippen molar-refractivity contribution in [3.8, 4) is 0 Å². The molecule has 267 valence electrons. The number of carbonyl (C=O) groups is 6. The van der Waals surface area contributed by atoms with Crippen LogP contribution in [0.15, 0.2) is 0 Å². The zero-order valence-electron chi connectivity index (χ0n) is 26.9. The molecule has 1 radical (unpaired) electrons. The minimum absolute atomic E-state index is 0.00534. The number of primary amides is 1. The van der Waals surface area contributed by atoms with E-state index in [0.29, 0.717) is 0 Å². The predicted molar refractivity (Wildman–Crippen MR) is 166 cm³/mol. The van der Waals surface area contributed by atoms with Gasteiger partial charge in [0.15, 0.2) is 5.96 Å². The van der Waals surface area contributed by atoms with Crippen LogP contribution in [0.1, 0.15) is 53.4 Å². The Balaban J connectivity index is 5.78. The molecule has 0 aromatic carbocycles. The van der Waals surface area contributed by atoms with Gasteiger partial charge >= 0.3 is 0 Å². The Morgan fingerprint density at radius 3 is 1.68 bits per heavy atom. The number of amides is 6. The molecule has 0 aliphatic carbocycles. The molecule has 0 saturated carbocycles. The van der Waals surface area contributed by atoms with Gasteiger partial charge in [0.1, 0.15) is 24.2 Å².